The van der Waals surface area contributed by atoms with E-state index in [1.165, 1.54) is 44.7 Å². The Kier molecular flexibility index (Phi) is 10.1. The Hall–Kier alpha value is -5.68. The van der Waals surface area contributed by atoms with Crippen LogP contribution in [-0.2, 0) is 9.59 Å². The zero-order valence-electron chi connectivity index (χ0n) is 22.9. The van der Waals surface area contributed by atoms with Gasteiger partial charge < -0.3 is 24.8 Å². The molecular formula is C31H25ClN4O7. The number of hydrogen-bond donors (Lipinski definition) is 3. The van der Waals surface area contributed by atoms with Crippen LogP contribution in [-0.4, -0.2) is 44.1 Å². The van der Waals surface area contributed by atoms with E-state index in [1.807, 2.05) is 0 Å². The maximum Gasteiger partial charge on any atom is 0.343 e. The van der Waals surface area contributed by atoms with Crippen LogP contribution in [0.3, 0.4) is 0 Å². The van der Waals surface area contributed by atoms with Gasteiger partial charge in [0.25, 0.3) is 5.91 Å². The topological polar surface area (TPSA) is 144 Å². The van der Waals surface area contributed by atoms with E-state index in [-0.39, 0.29) is 22.7 Å². The molecule has 0 radical (unpaired) electrons. The van der Waals surface area contributed by atoms with E-state index in [4.69, 9.17) is 25.8 Å². The average Bonchev–Trinajstić information content (AvgIpc) is 3.02. The normalized spacial score (nSPS) is 10.5. The first-order chi connectivity index (χ1) is 20.8. The van der Waals surface area contributed by atoms with Crippen LogP contribution >= 0.6 is 11.6 Å². The number of carbonyl (C=O) groups excluding carboxylic acids is 4. The highest BCUT2D eigenvalue weighted by molar-refractivity contribution is 6.40. The fourth-order valence-electron chi connectivity index (χ4n) is 3.65. The average molecular weight is 601 g/mol. The quantitative estimate of drug-likeness (QED) is 0.0813. The van der Waals surface area contributed by atoms with Crippen LogP contribution in [0.5, 0.6) is 17.2 Å². The zero-order valence-corrected chi connectivity index (χ0v) is 23.7. The van der Waals surface area contributed by atoms with E-state index in [9.17, 15) is 19.2 Å². The van der Waals surface area contributed by atoms with E-state index >= 15 is 0 Å². The summed E-state index contributed by atoms with van der Waals surface area (Å²) >= 11 is 5.88. The van der Waals surface area contributed by atoms with Gasteiger partial charge in [0, 0.05) is 10.7 Å². The lowest BCUT2D eigenvalue weighted by Gasteiger charge is -2.11. The molecular weight excluding hydrogens is 576 g/mol. The van der Waals surface area contributed by atoms with Gasteiger partial charge >= 0.3 is 17.8 Å². The second-order valence-electron chi connectivity index (χ2n) is 8.69. The summed E-state index contributed by atoms with van der Waals surface area (Å²) < 4.78 is 15.8. The minimum atomic E-state index is -1.07. The second kappa shape index (κ2) is 14.3. The highest BCUT2D eigenvalue weighted by Crippen LogP contribution is 2.28. The largest absolute Gasteiger partial charge is 0.497 e. The van der Waals surface area contributed by atoms with E-state index in [2.05, 4.69) is 21.2 Å². The molecule has 43 heavy (non-hydrogen) atoms. The highest BCUT2D eigenvalue weighted by atomic mass is 35.5. The summed E-state index contributed by atoms with van der Waals surface area (Å²) in [6, 6.07) is 23.8. The summed E-state index contributed by atoms with van der Waals surface area (Å²) in [5, 5.41) is 9.44. The fourth-order valence-corrected chi connectivity index (χ4v) is 3.78. The van der Waals surface area contributed by atoms with Crippen molar-refractivity contribution in [2.45, 2.75) is 0 Å². The predicted octanol–water partition coefficient (Wildman–Crippen LogP) is 4.92. The Morgan fingerprint density at radius 1 is 0.767 bits per heavy atom. The Labute approximate surface area is 251 Å². The third kappa shape index (κ3) is 8.18. The Balaban J connectivity index is 1.35. The molecule has 12 heteroatoms. The molecule has 0 fully saturated rings. The van der Waals surface area contributed by atoms with Gasteiger partial charge in [0.05, 0.1) is 37.2 Å². The van der Waals surface area contributed by atoms with Gasteiger partial charge in [-0.2, -0.15) is 5.10 Å². The monoisotopic (exact) mass is 600 g/mol. The number of carbonyl (C=O) groups is 4. The van der Waals surface area contributed by atoms with Crippen molar-refractivity contribution in [1.29, 1.82) is 0 Å². The van der Waals surface area contributed by atoms with Gasteiger partial charge in [-0.15, -0.1) is 0 Å². The number of esters is 1. The van der Waals surface area contributed by atoms with Crippen LogP contribution in [0, 0.1) is 0 Å². The first-order valence-electron chi connectivity index (χ1n) is 12.6. The summed E-state index contributed by atoms with van der Waals surface area (Å²) in [4.78, 5) is 50.2. The predicted molar refractivity (Wildman–Crippen MR) is 161 cm³/mol. The van der Waals surface area contributed by atoms with E-state index in [0.717, 1.165) is 0 Å². The number of nitrogens with one attached hydrogen (secondary N) is 3. The van der Waals surface area contributed by atoms with Crippen LogP contribution < -0.4 is 30.3 Å². The number of hydrazone groups is 1. The van der Waals surface area contributed by atoms with E-state index < -0.39 is 23.7 Å². The van der Waals surface area contributed by atoms with Gasteiger partial charge in [-0.05, 0) is 84.4 Å². The van der Waals surface area contributed by atoms with Crippen LogP contribution in [0.4, 0.5) is 11.4 Å². The molecule has 0 atom stereocenters. The first kappa shape index (κ1) is 30.3. The lowest BCUT2D eigenvalue weighted by Crippen LogP contribution is -2.33. The molecule has 4 aromatic rings. The van der Waals surface area contributed by atoms with Crippen molar-refractivity contribution in [3.8, 4) is 17.2 Å². The van der Waals surface area contributed by atoms with Crippen molar-refractivity contribution >= 4 is 52.9 Å². The van der Waals surface area contributed by atoms with Crippen molar-refractivity contribution in [3.63, 3.8) is 0 Å². The Morgan fingerprint density at radius 3 is 2.19 bits per heavy atom. The molecule has 0 saturated carbocycles. The summed E-state index contributed by atoms with van der Waals surface area (Å²) in [6.07, 6.45) is 1.27. The van der Waals surface area contributed by atoms with Gasteiger partial charge in [-0.25, -0.2) is 10.2 Å². The van der Waals surface area contributed by atoms with Gasteiger partial charge in [-0.1, -0.05) is 23.7 Å². The van der Waals surface area contributed by atoms with Crippen LogP contribution in [0.15, 0.2) is 96.1 Å². The van der Waals surface area contributed by atoms with Crippen molar-refractivity contribution < 1.29 is 33.4 Å². The fraction of sp³-hybridized carbons (Fsp3) is 0.0645. The molecule has 11 nitrogen and oxygen atoms in total. The molecule has 0 unspecified atom stereocenters. The summed E-state index contributed by atoms with van der Waals surface area (Å²) in [6.45, 7) is 0. The third-order valence-corrected chi connectivity index (χ3v) is 6.08. The molecule has 3 N–H and O–H groups in total. The lowest BCUT2D eigenvalue weighted by molar-refractivity contribution is -0.136. The van der Waals surface area contributed by atoms with Gasteiger partial charge in [0.2, 0.25) is 0 Å². The van der Waals surface area contributed by atoms with Gasteiger partial charge in [-0.3, -0.25) is 14.4 Å². The standard InChI is InChI=1S/C31H25ClN4O7/c1-41-23-14-8-20(9-15-23)31(40)43-26-16-7-19(17-27(26)42-2)18-33-36-30(39)29(38)35-25-6-4-3-5-24(25)28(37)34-22-12-10-21(32)11-13-22/h3-18H,1-2H3,(H,34,37)(H,35,38)(H,36,39)/b33-18-. The van der Waals surface area contributed by atoms with Crippen molar-refractivity contribution in [3.05, 3.63) is 113 Å². The van der Waals surface area contributed by atoms with Crippen LogP contribution in [0.1, 0.15) is 26.3 Å². The minimum absolute atomic E-state index is 0.127. The number of methoxy groups -OCH3 is 2. The molecule has 0 heterocycles. The van der Waals surface area contributed by atoms with Crippen molar-refractivity contribution in [1.82, 2.24) is 5.43 Å². The first-order valence-corrected chi connectivity index (χ1v) is 13.0. The molecule has 4 rings (SSSR count). The van der Waals surface area contributed by atoms with Gasteiger partial charge in [0.1, 0.15) is 5.75 Å². The second-order valence-corrected chi connectivity index (χ2v) is 9.12. The van der Waals surface area contributed by atoms with Crippen LogP contribution in [0.25, 0.3) is 0 Å². The van der Waals surface area contributed by atoms with Crippen molar-refractivity contribution in [2.75, 3.05) is 24.9 Å². The number of ether oxygens (including phenoxy) is 3. The molecule has 218 valence electrons. The Bertz CT molecular complexity index is 1670. The highest BCUT2D eigenvalue weighted by Gasteiger charge is 2.18. The molecule has 0 aliphatic heterocycles. The zero-order chi connectivity index (χ0) is 30.8. The van der Waals surface area contributed by atoms with Crippen molar-refractivity contribution in [2.24, 2.45) is 5.10 Å². The summed E-state index contributed by atoms with van der Waals surface area (Å²) in [7, 11) is 2.93. The summed E-state index contributed by atoms with van der Waals surface area (Å²) in [5.41, 5.74) is 3.70. The Morgan fingerprint density at radius 2 is 1.49 bits per heavy atom. The molecule has 0 spiro atoms. The molecule has 0 aliphatic carbocycles. The van der Waals surface area contributed by atoms with Gasteiger partial charge in [0.15, 0.2) is 11.5 Å². The number of nitrogens with zero attached hydrogens (tertiary/aromatic N) is 1. The SMILES string of the molecule is COc1ccc(C(=O)Oc2ccc(/C=N\NC(=O)C(=O)Nc3ccccc3C(=O)Nc3ccc(Cl)cc3)cc2OC)cc1. The number of halogens is 1. The molecule has 3 amide bonds. The molecule has 0 bridgehead atoms. The maximum absolute atomic E-state index is 12.8. The smallest absolute Gasteiger partial charge is 0.343 e. The maximum atomic E-state index is 12.8. The molecule has 0 saturated heterocycles. The van der Waals surface area contributed by atoms with Crippen LogP contribution in [0.2, 0.25) is 5.02 Å². The third-order valence-electron chi connectivity index (χ3n) is 5.82. The van der Waals surface area contributed by atoms with E-state index in [0.29, 0.717) is 27.6 Å². The number of anilines is 2. The minimum Gasteiger partial charge on any atom is -0.497 e. The molecule has 0 aliphatic rings. The summed E-state index contributed by atoms with van der Waals surface area (Å²) in [5.74, 6) is -2.19. The van der Waals surface area contributed by atoms with E-state index in [1.54, 1.807) is 66.7 Å². The lowest BCUT2D eigenvalue weighted by atomic mass is 10.1. The number of rotatable bonds is 9. The molecule has 0 aromatic heterocycles. The number of amides is 3. The molecule has 4 aromatic carbocycles. The number of para-hydroxylation sites is 1. The number of benzene rings is 4. The number of hydrogen-bond acceptors (Lipinski definition) is 8.